The van der Waals surface area contributed by atoms with Crippen LogP contribution in [-0.4, -0.2) is 18.1 Å². The lowest BCUT2D eigenvalue weighted by molar-refractivity contribution is 0.623. The highest BCUT2D eigenvalue weighted by molar-refractivity contribution is 5.84. The van der Waals surface area contributed by atoms with E-state index in [2.05, 4.69) is 34.6 Å². The molecule has 1 aliphatic rings. The van der Waals surface area contributed by atoms with E-state index in [0.29, 0.717) is 0 Å². The van der Waals surface area contributed by atoms with Crippen LogP contribution in [0.3, 0.4) is 0 Å². The van der Waals surface area contributed by atoms with Crippen molar-refractivity contribution in [1.29, 1.82) is 0 Å². The van der Waals surface area contributed by atoms with Crippen molar-refractivity contribution >= 4 is 10.9 Å². The molecule has 2 aromatic rings. The lowest BCUT2D eigenvalue weighted by Crippen LogP contribution is -2.21. The quantitative estimate of drug-likeness (QED) is 0.670. The summed E-state index contributed by atoms with van der Waals surface area (Å²) in [5.74, 6) is 0. The van der Waals surface area contributed by atoms with Crippen LogP contribution in [0.2, 0.25) is 0 Å². The summed E-state index contributed by atoms with van der Waals surface area (Å²) in [5.41, 5.74) is 4.28. The van der Waals surface area contributed by atoms with Crippen LogP contribution in [0.5, 0.6) is 0 Å². The van der Waals surface area contributed by atoms with Crippen molar-refractivity contribution in [1.82, 2.24) is 10.3 Å². The highest BCUT2D eigenvalue weighted by Crippen LogP contribution is 2.24. The molecule has 78 valence electrons. The van der Waals surface area contributed by atoms with Crippen molar-refractivity contribution in [3.8, 4) is 0 Å². The predicted molar refractivity (Wildman–Crippen MR) is 63.2 cm³/mol. The van der Waals surface area contributed by atoms with Gasteiger partial charge in [-0.3, -0.25) is 0 Å². The smallest absolute Gasteiger partial charge is 0.0458 e. The standard InChI is InChI=1S/C13H16N2/c1-2-6-12-10(4-1)11-5-3-8-14-9-7-13(11)15-12/h1-2,4,6,14-15H,3,5,7-9H2. The van der Waals surface area contributed by atoms with Gasteiger partial charge in [-0.2, -0.15) is 0 Å². The molecule has 2 nitrogen and oxygen atoms in total. The molecule has 2 heteroatoms. The van der Waals surface area contributed by atoms with E-state index in [-0.39, 0.29) is 0 Å². The predicted octanol–water partition coefficient (Wildman–Crippen LogP) is 2.25. The number of aromatic amines is 1. The molecule has 0 fully saturated rings. The fraction of sp³-hybridized carbons (Fsp3) is 0.385. The number of rotatable bonds is 0. The Morgan fingerprint density at radius 2 is 1.93 bits per heavy atom. The number of hydrogen-bond donors (Lipinski definition) is 2. The van der Waals surface area contributed by atoms with E-state index >= 15 is 0 Å². The highest BCUT2D eigenvalue weighted by Gasteiger charge is 2.11. The molecular weight excluding hydrogens is 184 g/mol. The van der Waals surface area contributed by atoms with Gasteiger partial charge in [-0.25, -0.2) is 0 Å². The maximum atomic E-state index is 3.54. The molecule has 0 bridgehead atoms. The minimum atomic E-state index is 1.10. The summed E-state index contributed by atoms with van der Waals surface area (Å²) in [6.45, 7) is 2.25. The van der Waals surface area contributed by atoms with Crippen LogP contribution < -0.4 is 5.32 Å². The van der Waals surface area contributed by atoms with Crippen LogP contribution in [0, 0.1) is 0 Å². The molecule has 1 aromatic heterocycles. The Bertz CT molecular complexity index is 470. The average Bonchev–Trinajstić information content (AvgIpc) is 2.55. The fourth-order valence-corrected chi connectivity index (χ4v) is 2.48. The molecule has 0 saturated heterocycles. The first-order chi connectivity index (χ1) is 7.45. The third-order valence-electron chi connectivity index (χ3n) is 3.23. The molecule has 0 radical (unpaired) electrons. The first-order valence-corrected chi connectivity index (χ1v) is 5.74. The van der Waals surface area contributed by atoms with Crippen molar-refractivity contribution in [3.05, 3.63) is 35.5 Å². The Morgan fingerprint density at radius 3 is 2.93 bits per heavy atom. The lowest BCUT2D eigenvalue weighted by atomic mass is 10.0. The van der Waals surface area contributed by atoms with Gasteiger partial charge in [0.15, 0.2) is 0 Å². The Balaban J connectivity index is 2.15. The van der Waals surface area contributed by atoms with Crippen molar-refractivity contribution in [2.45, 2.75) is 19.3 Å². The first kappa shape index (κ1) is 8.98. The second-order valence-corrected chi connectivity index (χ2v) is 4.23. The van der Waals surface area contributed by atoms with Gasteiger partial charge >= 0.3 is 0 Å². The van der Waals surface area contributed by atoms with Crippen LogP contribution in [0.1, 0.15) is 17.7 Å². The van der Waals surface area contributed by atoms with Crippen LogP contribution in [0.4, 0.5) is 0 Å². The van der Waals surface area contributed by atoms with Crippen molar-refractivity contribution in [2.24, 2.45) is 0 Å². The second-order valence-electron chi connectivity index (χ2n) is 4.23. The lowest BCUT2D eigenvalue weighted by Gasteiger charge is -2.10. The molecule has 15 heavy (non-hydrogen) atoms. The number of aryl methyl sites for hydroxylation is 1. The first-order valence-electron chi connectivity index (χ1n) is 5.74. The molecular formula is C13H16N2. The summed E-state index contributed by atoms with van der Waals surface area (Å²) in [7, 11) is 0. The third-order valence-corrected chi connectivity index (χ3v) is 3.23. The van der Waals surface area contributed by atoms with E-state index in [1.807, 2.05) is 0 Å². The number of nitrogens with one attached hydrogen (secondary N) is 2. The number of fused-ring (bicyclic) bond motifs is 3. The molecule has 0 atom stereocenters. The van der Waals surface area contributed by atoms with Gasteiger partial charge in [0, 0.05) is 29.6 Å². The minimum Gasteiger partial charge on any atom is -0.358 e. The summed E-state index contributed by atoms with van der Waals surface area (Å²) in [4.78, 5) is 3.54. The fourth-order valence-electron chi connectivity index (χ4n) is 2.48. The largest absolute Gasteiger partial charge is 0.358 e. The molecule has 0 unspecified atom stereocenters. The maximum absolute atomic E-state index is 3.54. The number of H-pyrrole nitrogens is 1. The molecule has 1 aromatic carbocycles. The van der Waals surface area contributed by atoms with Crippen molar-refractivity contribution < 1.29 is 0 Å². The molecule has 0 amide bonds. The number of hydrogen-bond acceptors (Lipinski definition) is 1. The molecule has 0 saturated carbocycles. The highest BCUT2D eigenvalue weighted by atomic mass is 14.9. The van der Waals surface area contributed by atoms with Crippen LogP contribution >= 0.6 is 0 Å². The summed E-state index contributed by atoms with van der Waals surface area (Å²) in [6.07, 6.45) is 3.57. The zero-order chi connectivity index (χ0) is 10.1. The summed E-state index contributed by atoms with van der Waals surface area (Å²) in [6, 6.07) is 8.64. The van der Waals surface area contributed by atoms with E-state index in [1.165, 1.54) is 29.4 Å². The molecule has 2 heterocycles. The maximum Gasteiger partial charge on any atom is 0.0458 e. The van der Waals surface area contributed by atoms with Gasteiger partial charge < -0.3 is 10.3 Å². The van der Waals surface area contributed by atoms with Crippen molar-refractivity contribution in [3.63, 3.8) is 0 Å². The summed E-state index contributed by atoms with van der Waals surface area (Å²) in [5, 5.41) is 4.88. The average molecular weight is 200 g/mol. The zero-order valence-corrected chi connectivity index (χ0v) is 8.84. The summed E-state index contributed by atoms with van der Waals surface area (Å²) >= 11 is 0. The van der Waals surface area contributed by atoms with Gasteiger partial charge in [0.1, 0.15) is 0 Å². The molecule has 0 aliphatic carbocycles. The van der Waals surface area contributed by atoms with Gasteiger partial charge in [0.2, 0.25) is 0 Å². The normalized spacial score (nSPS) is 17.1. The topological polar surface area (TPSA) is 27.8 Å². The zero-order valence-electron chi connectivity index (χ0n) is 8.84. The Labute approximate surface area is 89.7 Å². The minimum absolute atomic E-state index is 1.10. The van der Waals surface area contributed by atoms with E-state index in [0.717, 1.165) is 19.5 Å². The van der Waals surface area contributed by atoms with Gasteiger partial charge in [0.05, 0.1) is 0 Å². The number of para-hydroxylation sites is 1. The van der Waals surface area contributed by atoms with Gasteiger partial charge in [-0.05, 0) is 31.0 Å². The summed E-state index contributed by atoms with van der Waals surface area (Å²) < 4.78 is 0. The SMILES string of the molecule is c1ccc2c3c([nH]c2c1)CCNCCC3. The molecule has 3 rings (SSSR count). The van der Waals surface area contributed by atoms with Crippen molar-refractivity contribution in [2.75, 3.05) is 13.1 Å². The van der Waals surface area contributed by atoms with E-state index in [9.17, 15) is 0 Å². The van der Waals surface area contributed by atoms with E-state index in [1.54, 1.807) is 5.56 Å². The molecule has 2 N–H and O–H groups in total. The van der Waals surface area contributed by atoms with E-state index < -0.39 is 0 Å². The third kappa shape index (κ3) is 1.55. The van der Waals surface area contributed by atoms with Crippen LogP contribution in [-0.2, 0) is 12.8 Å². The van der Waals surface area contributed by atoms with E-state index in [4.69, 9.17) is 0 Å². The number of aromatic nitrogens is 1. The second kappa shape index (κ2) is 3.70. The molecule has 0 spiro atoms. The monoisotopic (exact) mass is 200 g/mol. The van der Waals surface area contributed by atoms with Gasteiger partial charge in [-0.1, -0.05) is 18.2 Å². The number of benzene rings is 1. The molecule has 1 aliphatic heterocycles. The Kier molecular flexibility index (Phi) is 2.22. The Hall–Kier alpha value is -1.28. The van der Waals surface area contributed by atoms with Gasteiger partial charge in [0.25, 0.3) is 0 Å². The van der Waals surface area contributed by atoms with Crippen LogP contribution in [0.25, 0.3) is 10.9 Å². The van der Waals surface area contributed by atoms with Crippen LogP contribution in [0.15, 0.2) is 24.3 Å². The van der Waals surface area contributed by atoms with Gasteiger partial charge in [-0.15, -0.1) is 0 Å². The Morgan fingerprint density at radius 1 is 1.00 bits per heavy atom.